The topological polar surface area (TPSA) is 44.0 Å². The van der Waals surface area contributed by atoms with Crippen molar-refractivity contribution < 1.29 is 5.11 Å². The van der Waals surface area contributed by atoms with Crippen molar-refractivity contribution in [3.05, 3.63) is 69.2 Å². The number of hydrogen-bond donors (Lipinski definition) is 1. The first-order valence-electron chi connectivity index (χ1n) is 5.25. The molecule has 2 nitrogen and oxygen atoms in total. The first-order chi connectivity index (χ1) is 8.61. The quantitative estimate of drug-likeness (QED) is 0.904. The van der Waals surface area contributed by atoms with Gasteiger partial charge in [-0.2, -0.15) is 5.26 Å². The van der Waals surface area contributed by atoms with E-state index in [0.29, 0.717) is 26.7 Å². The zero-order valence-corrected chi connectivity index (χ0v) is 10.8. The van der Waals surface area contributed by atoms with Crippen molar-refractivity contribution in [3.63, 3.8) is 0 Å². The van der Waals surface area contributed by atoms with E-state index in [2.05, 4.69) is 0 Å². The molecule has 18 heavy (non-hydrogen) atoms. The molecule has 0 spiro atoms. The van der Waals surface area contributed by atoms with Gasteiger partial charge in [-0.15, -0.1) is 0 Å². The van der Waals surface area contributed by atoms with E-state index in [0.717, 1.165) is 0 Å². The Morgan fingerprint density at radius 2 is 1.72 bits per heavy atom. The van der Waals surface area contributed by atoms with Gasteiger partial charge < -0.3 is 5.11 Å². The SMILES string of the molecule is N#Cc1cccc(C(O)c2ccc(Cl)c(Cl)c2)c1. The molecular formula is C14H9Cl2NO. The standard InChI is InChI=1S/C14H9Cl2NO/c15-12-5-4-11(7-13(12)16)14(18)10-3-1-2-9(6-10)8-17/h1-7,14,18H. The van der Waals surface area contributed by atoms with Crippen LogP contribution in [0.5, 0.6) is 0 Å². The first kappa shape index (κ1) is 12.9. The van der Waals surface area contributed by atoms with Gasteiger partial charge in [0.15, 0.2) is 0 Å². The molecule has 0 saturated carbocycles. The third-order valence-electron chi connectivity index (χ3n) is 2.59. The highest BCUT2D eigenvalue weighted by Crippen LogP contribution is 2.28. The number of halogens is 2. The molecule has 0 saturated heterocycles. The summed E-state index contributed by atoms with van der Waals surface area (Å²) >= 11 is 11.7. The van der Waals surface area contributed by atoms with Crippen LogP contribution in [0.15, 0.2) is 42.5 Å². The summed E-state index contributed by atoms with van der Waals surface area (Å²) in [4.78, 5) is 0. The largest absolute Gasteiger partial charge is 0.384 e. The molecule has 0 aliphatic carbocycles. The molecule has 0 aromatic heterocycles. The fraction of sp³-hybridized carbons (Fsp3) is 0.0714. The predicted molar refractivity (Wildman–Crippen MR) is 71.7 cm³/mol. The first-order valence-corrected chi connectivity index (χ1v) is 6.00. The van der Waals surface area contributed by atoms with Gasteiger partial charge in [0.05, 0.1) is 21.7 Å². The Bertz CT molecular complexity index is 619. The van der Waals surface area contributed by atoms with Crippen LogP contribution in [0.4, 0.5) is 0 Å². The lowest BCUT2D eigenvalue weighted by atomic mass is 10.00. The summed E-state index contributed by atoms with van der Waals surface area (Å²) in [6.07, 6.45) is -0.826. The number of aliphatic hydroxyl groups is 1. The van der Waals surface area contributed by atoms with Crippen LogP contribution in [-0.4, -0.2) is 5.11 Å². The molecule has 1 unspecified atom stereocenters. The number of nitrogens with zero attached hydrogens (tertiary/aromatic N) is 1. The van der Waals surface area contributed by atoms with Crippen LogP contribution in [0.3, 0.4) is 0 Å². The second-order valence-corrected chi connectivity index (χ2v) is 4.63. The highest BCUT2D eigenvalue weighted by Gasteiger charge is 2.12. The minimum atomic E-state index is -0.826. The summed E-state index contributed by atoms with van der Waals surface area (Å²) in [5.74, 6) is 0. The van der Waals surface area contributed by atoms with Crippen LogP contribution < -0.4 is 0 Å². The van der Waals surface area contributed by atoms with E-state index in [1.165, 1.54) is 0 Å². The van der Waals surface area contributed by atoms with Crippen LogP contribution in [0.2, 0.25) is 10.0 Å². The second kappa shape index (κ2) is 5.41. The van der Waals surface area contributed by atoms with Gasteiger partial charge in [0.25, 0.3) is 0 Å². The fourth-order valence-electron chi connectivity index (χ4n) is 1.65. The summed E-state index contributed by atoms with van der Waals surface area (Å²) in [6, 6.07) is 13.8. The van der Waals surface area contributed by atoms with Crippen LogP contribution in [0, 0.1) is 11.3 Å². The fourth-order valence-corrected chi connectivity index (χ4v) is 1.96. The smallest absolute Gasteiger partial charge is 0.104 e. The van der Waals surface area contributed by atoms with Gasteiger partial charge in [-0.25, -0.2) is 0 Å². The van der Waals surface area contributed by atoms with Crippen molar-refractivity contribution in [1.29, 1.82) is 5.26 Å². The van der Waals surface area contributed by atoms with E-state index in [-0.39, 0.29) is 0 Å². The maximum atomic E-state index is 10.2. The van der Waals surface area contributed by atoms with E-state index < -0.39 is 6.10 Å². The summed E-state index contributed by atoms with van der Waals surface area (Å²) in [5.41, 5.74) is 1.79. The van der Waals surface area contributed by atoms with Crippen LogP contribution >= 0.6 is 23.2 Å². The Morgan fingerprint density at radius 3 is 2.39 bits per heavy atom. The Hall–Kier alpha value is -1.53. The Balaban J connectivity index is 2.38. The monoisotopic (exact) mass is 277 g/mol. The molecule has 0 bridgehead atoms. The van der Waals surface area contributed by atoms with Gasteiger partial charge in [0.2, 0.25) is 0 Å². The zero-order valence-electron chi connectivity index (χ0n) is 9.27. The molecule has 1 atom stereocenters. The van der Waals surface area contributed by atoms with Crippen LogP contribution in [-0.2, 0) is 0 Å². The number of hydrogen-bond acceptors (Lipinski definition) is 2. The second-order valence-electron chi connectivity index (χ2n) is 3.81. The number of aliphatic hydroxyl groups excluding tert-OH is 1. The summed E-state index contributed by atoms with van der Waals surface area (Å²) < 4.78 is 0. The summed E-state index contributed by atoms with van der Waals surface area (Å²) in [5, 5.41) is 19.9. The van der Waals surface area contributed by atoms with Crippen molar-refractivity contribution in [2.45, 2.75) is 6.10 Å². The normalized spacial score (nSPS) is 11.9. The van der Waals surface area contributed by atoms with Gasteiger partial charge in [0.1, 0.15) is 6.10 Å². The maximum Gasteiger partial charge on any atom is 0.104 e. The Morgan fingerprint density at radius 1 is 1.00 bits per heavy atom. The van der Waals surface area contributed by atoms with Crippen LogP contribution in [0.25, 0.3) is 0 Å². The number of rotatable bonds is 2. The molecule has 4 heteroatoms. The summed E-state index contributed by atoms with van der Waals surface area (Å²) in [6.45, 7) is 0. The van der Waals surface area contributed by atoms with Crippen molar-refractivity contribution in [3.8, 4) is 6.07 Å². The molecule has 2 aromatic rings. The van der Waals surface area contributed by atoms with Crippen molar-refractivity contribution in [2.24, 2.45) is 0 Å². The average Bonchev–Trinajstić information content (AvgIpc) is 2.41. The Kier molecular flexibility index (Phi) is 3.88. The lowest BCUT2D eigenvalue weighted by Gasteiger charge is -2.12. The van der Waals surface area contributed by atoms with Crippen molar-refractivity contribution in [1.82, 2.24) is 0 Å². The molecule has 0 fully saturated rings. The van der Waals surface area contributed by atoms with E-state index in [1.54, 1.807) is 42.5 Å². The highest BCUT2D eigenvalue weighted by molar-refractivity contribution is 6.42. The van der Waals surface area contributed by atoms with Gasteiger partial charge in [-0.05, 0) is 35.4 Å². The zero-order chi connectivity index (χ0) is 13.1. The molecule has 1 N–H and O–H groups in total. The average molecular weight is 278 g/mol. The van der Waals surface area contributed by atoms with E-state index >= 15 is 0 Å². The Labute approximate surface area is 115 Å². The number of benzene rings is 2. The van der Waals surface area contributed by atoms with Crippen LogP contribution in [0.1, 0.15) is 22.8 Å². The molecule has 90 valence electrons. The van der Waals surface area contributed by atoms with E-state index in [1.807, 2.05) is 6.07 Å². The highest BCUT2D eigenvalue weighted by atomic mass is 35.5. The van der Waals surface area contributed by atoms with Gasteiger partial charge in [-0.1, -0.05) is 41.4 Å². The van der Waals surface area contributed by atoms with Gasteiger partial charge in [0, 0.05) is 0 Å². The number of nitriles is 1. The lowest BCUT2D eigenvalue weighted by Crippen LogP contribution is -1.99. The third-order valence-corrected chi connectivity index (χ3v) is 3.33. The van der Waals surface area contributed by atoms with Gasteiger partial charge >= 0.3 is 0 Å². The third kappa shape index (κ3) is 2.65. The molecule has 0 aliphatic heterocycles. The maximum absolute atomic E-state index is 10.2. The minimum absolute atomic E-state index is 0.393. The molecule has 0 radical (unpaired) electrons. The molecule has 2 rings (SSSR count). The van der Waals surface area contributed by atoms with Gasteiger partial charge in [-0.3, -0.25) is 0 Å². The van der Waals surface area contributed by atoms with E-state index in [4.69, 9.17) is 28.5 Å². The molecular weight excluding hydrogens is 269 g/mol. The molecule has 0 aliphatic rings. The van der Waals surface area contributed by atoms with Crippen molar-refractivity contribution >= 4 is 23.2 Å². The minimum Gasteiger partial charge on any atom is -0.384 e. The molecule has 0 heterocycles. The predicted octanol–water partition coefficient (Wildman–Crippen LogP) is 3.95. The molecule has 0 amide bonds. The van der Waals surface area contributed by atoms with Crippen molar-refractivity contribution in [2.75, 3.05) is 0 Å². The summed E-state index contributed by atoms with van der Waals surface area (Å²) in [7, 11) is 0. The van der Waals surface area contributed by atoms with E-state index in [9.17, 15) is 5.11 Å². The lowest BCUT2D eigenvalue weighted by molar-refractivity contribution is 0.220. The molecule has 2 aromatic carbocycles.